The highest BCUT2D eigenvalue weighted by Crippen LogP contribution is 2.19. The summed E-state index contributed by atoms with van der Waals surface area (Å²) in [4.78, 5) is 12.1. The number of rotatable bonds is 3. The largest absolute Gasteiger partial charge is 0.507 e. The molecule has 102 valence electrons. The first-order valence-corrected chi connectivity index (χ1v) is 5.95. The Morgan fingerprint density at radius 3 is 1.70 bits per heavy atom. The van der Waals surface area contributed by atoms with Gasteiger partial charge in [0, 0.05) is 16.7 Å². The number of halogens is 2. The third-order valence-corrected chi connectivity index (χ3v) is 2.92. The fourth-order valence-electron chi connectivity index (χ4n) is 1.75. The molecule has 0 aliphatic carbocycles. The number of hydrogen-bond acceptors (Lipinski definition) is 2. The second-order valence-electron chi connectivity index (χ2n) is 4.32. The molecule has 4 heteroatoms. The average molecular weight is 274 g/mol. The maximum atomic E-state index is 12.8. The molecule has 2 aromatic rings. The molecule has 2 nitrogen and oxygen atoms in total. The van der Waals surface area contributed by atoms with Crippen LogP contribution in [0.2, 0.25) is 0 Å². The van der Waals surface area contributed by atoms with Gasteiger partial charge in [0.1, 0.15) is 17.4 Å². The van der Waals surface area contributed by atoms with Crippen LogP contribution >= 0.6 is 0 Å². The van der Waals surface area contributed by atoms with E-state index in [1.807, 2.05) is 0 Å². The predicted molar refractivity (Wildman–Crippen MR) is 72.4 cm³/mol. The van der Waals surface area contributed by atoms with Crippen molar-refractivity contribution in [2.24, 2.45) is 0 Å². The molecule has 20 heavy (non-hydrogen) atoms. The molecule has 0 unspecified atom stereocenters. The van der Waals surface area contributed by atoms with E-state index < -0.39 is 17.4 Å². The van der Waals surface area contributed by atoms with Crippen molar-refractivity contribution in [3.05, 3.63) is 76.9 Å². The minimum Gasteiger partial charge on any atom is -0.507 e. The summed E-state index contributed by atoms with van der Waals surface area (Å²) in [5, 5.41) is 10.0. The van der Waals surface area contributed by atoms with E-state index in [-0.39, 0.29) is 16.9 Å². The van der Waals surface area contributed by atoms with Crippen LogP contribution in [-0.2, 0) is 0 Å². The van der Waals surface area contributed by atoms with Crippen LogP contribution in [0.15, 0.2) is 54.1 Å². The Labute approximate surface area is 115 Å². The monoisotopic (exact) mass is 274 g/mol. The summed E-state index contributed by atoms with van der Waals surface area (Å²) in [7, 11) is 0. The summed E-state index contributed by atoms with van der Waals surface area (Å²) in [6, 6.07) is 10.2. The number of allylic oxidation sites excluding steroid dienone is 1. The normalized spacial score (nSPS) is 11.9. The minimum absolute atomic E-state index is 0.114. The van der Waals surface area contributed by atoms with Gasteiger partial charge in [0.15, 0.2) is 5.78 Å². The number of benzene rings is 2. The van der Waals surface area contributed by atoms with Gasteiger partial charge in [-0.05, 0) is 55.5 Å². The van der Waals surface area contributed by atoms with Gasteiger partial charge in [-0.2, -0.15) is 0 Å². The third kappa shape index (κ3) is 2.91. The van der Waals surface area contributed by atoms with E-state index in [4.69, 9.17) is 0 Å². The quantitative estimate of drug-likeness (QED) is 0.519. The zero-order valence-electron chi connectivity index (χ0n) is 10.7. The average Bonchev–Trinajstić information content (AvgIpc) is 2.46. The topological polar surface area (TPSA) is 37.3 Å². The van der Waals surface area contributed by atoms with Gasteiger partial charge in [0.2, 0.25) is 0 Å². The molecule has 0 heterocycles. The van der Waals surface area contributed by atoms with Crippen molar-refractivity contribution >= 4 is 11.5 Å². The lowest BCUT2D eigenvalue weighted by Gasteiger charge is -2.06. The molecule has 0 aromatic heterocycles. The molecule has 0 spiro atoms. The first-order valence-electron chi connectivity index (χ1n) is 5.95. The van der Waals surface area contributed by atoms with Crippen molar-refractivity contribution < 1.29 is 18.7 Å². The first kappa shape index (κ1) is 13.9. The zero-order valence-corrected chi connectivity index (χ0v) is 10.7. The molecule has 0 fully saturated rings. The van der Waals surface area contributed by atoms with Gasteiger partial charge in [-0.25, -0.2) is 8.78 Å². The minimum atomic E-state index is -0.439. The third-order valence-electron chi connectivity index (χ3n) is 2.92. The summed E-state index contributed by atoms with van der Waals surface area (Å²) in [5.41, 5.74) is 0.736. The number of hydrogen-bond donors (Lipinski definition) is 1. The van der Waals surface area contributed by atoms with Crippen molar-refractivity contribution in [3.8, 4) is 0 Å². The smallest absolute Gasteiger partial charge is 0.192 e. The van der Waals surface area contributed by atoms with Crippen LogP contribution in [0.25, 0.3) is 5.76 Å². The van der Waals surface area contributed by atoms with Crippen LogP contribution in [-0.4, -0.2) is 10.9 Å². The van der Waals surface area contributed by atoms with Crippen LogP contribution in [0.4, 0.5) is 8.78 Å². The molecule has 0 aliphatic heterocycles. The highest BCUT2D eigenvalue weighted by Gasteiger charge is 2.14. The van der Waals surface area contributed by atoms with E-state index in [0.717, 1.165) is 0 Å². The fourth-order valence-corrected chi connectivity index (χ4v) is 1.75. The lowest BCUT2D eigenvalue weighted by molar-refractivity contribution is 0.103. The standard InChI is InChI=1S/C16H12F2O2/c1-10(15(19)11-2-6-13(17)7-3-11)16(20)12-4-8-14(18)9-5-12/h2-9,19H,1H3. The highest BCUT2D eigenvalue weighted by molar-refractivity contribution is 6.11. The van der Waals surface area contributed by atoms with E-state index in [1.54, 1.807) is 0 Å². The molecule has 0 amide bonds. The van der Waals surface area contributed by atoms with Gasteiger partial charge in [0.25, 0.3) is 0 Å². The Morgan fingerprint density at radius 2 is 1.25 bits per heavy atom. The molecule has 0 saturated carbocycles. The van der Waals surface area contributed by atoms with Gasteiger partial charge in [0.05, 0.1) is 0 Å². The van der Waals surface area contributed by atoms with Gasteiger partial charge in [-0.1, -0.05) is 0 Å². The summed E-state index contributed by atoms with van der Waals surface area (Å²) in [6.07, 6.45) is 0. The van der Waals surface area contributed by atoms with Crippen molar-refractivity contribution in [1.29, 1.82) is 0 Å². The first-order chi connectivity index (χ1) is 9.49. The van der Waals surface area contributed by atoms with Gasteiger partial charge in [-0.15, -0.1) is 0 Å². The predicted octanol–water partition coefficient (Wildman–Crippen LogP) is 4.14. The van der Waals surface area contributed by atoms with E-state index in [9.17, 15) is 18.7 Å². The van der Waals surface area contributed by atoms with Crippen molar-refractivity contribution in [3.63, 3.8) is 0 Å². The van der Waals surface area contributed by atoms with Crippen LogP contribution < -0.4 is 0 Å². The van der Waals surface area contributed by atoms with Crippen molar-refractivity contribution in [2.75, 3.05) is 0 Å². The Kier molecular flexibility index (Phi) is 3.94. The van der Waals surface area contributed by atoms with Gasteiger partial charge >= 0.3 is 0 Å². The summed E-state index contributed by atoms with van der Waals surface area (Å²) < 4.78 is 25.6. The molecule has 0 aliphatic rings. The molecule has 0 radical (unpaired) electrons. The molecule has 0 bridgehead atoms. The number of aliphatic hydroxyl groups excluding tert-OH is 1. The molecule has 0 atom stereocenters. The summed E-state index contributed by atoms with van der Waals surface area (Å²) in [5.74, 6) is -1.50. The van der Waals surface area contributed by atoms with E-state index in [2.05, 4.69) is 0 Å². The fraction of sp³-hybridized carbons (Fsp3) is 0.0625. The Balaban J connectivity index is 2.35. The summed E-state index contributed by atoms with van der Waals surface area (Å²) >= 11 is 0. The van der Waals surface area contributed by atoms with E-state index in [0.29, 0.717) is 5.56 Å². The van der Waals surface area contributed by atoms with Gasteiger partial charge < -0.3 is 5.11 Å². The lowest BCUT2D eigenvalue weighted by atomic mass is 10.0. The number of carbonyl (C=O) groups is 1. The van der Waals surface area contributed by atoms with E-state index >= 15 is 0 Å². The Bertz CT molecular complexity index is 656. The zero-order chi connectivity index (χ0) is 14.7. The second-order valence-corrected chi connectivity index (χ2v) is 4.32. The number of carbonyl (C=O) groups excluding carboxylic acids is 1. The molecule has 0 saturated heterocycles. The van der Waals surface area contributed by atoms with Gasteiger partial charge in [-0.3, -0.25) is 4.79 Å². The Morgan fingerprint density at radius 1 is 0.850 bits per heavy atom. The van der Waals surface area contributed by atoms with Crippen LogP contribution in [0.5, 0.6) is 0 Å². The molecule has 2 aromatic carbocycles. The SMILES string of the molecule is CC(C(=O)c1ccc(F)cc1)=C(O)c1ccc(F)cc1. The number of aliphatic hydroxyl groups is 1. The molecular weight excluding hydrogens is 262 g/mol. The van der Waals surface area contributed by atoms with E-state index in [1.165, 1.54) is 55.5 Å². The number of ketones is 1. The molecule has 1 N–H and O–H groups in total. The molecule has 2 rings (SSSR count). The second kappa shape index (κ2) is 5.65. The van der Waals surface area contributed by atoms with Crippen LogP contribution in [0, 0.1) is 11.6 Å². The highest BCUT2D eigenvalue weighted by atomic mass is 19.1. The van der Waals surface area contributed by atoms with Crippen molar-refractivity contribution in [1.82, 2.24) is 0 Å². The van der Waals surface area contributed by atoms with Crippen molar-refractivity contribution in [2.45, 2.75) is 6.92 Å². The summed E-state index contributed by atoms with van der Waals surface area (Å²) in [6.45, 7) is 1.46. The van der Waals surface area contributed by atoms with Crippen LogP contribution in [0.3, 0.4) is 0 Å². The van der Waals surface area contributed by atoms with Crippen LogP contribution in [0.1, 0.15) is 22.8 Å². The Hall–Kier alpha value is -2.49. The molecular formula is C16H12F2O2. The number of Topliss-reactive ketones (excluding diaryl/α,β-unsaturated/α-hetero) is 1. The lowest BCUT2D eigenvalue weighted by Crippen LogP contribution is -2.04. The maximum absolute atomic E-state index is 12.8. The maximum Gasteiger partial charge on any atom is 0.192 e.